The molecule has 0 aromatic rings. The fourth-order valence-corrected chi connectivity index (χ4v) is 6.55. The molecule has 0 spiro atoms. The summed E-state index contributed by atoms with van der Waals surface area (Å²) in [7, 11) is 0. The van der Waals surface area contributed by atoms with E-state index in [1.54, 1.807) is 0 Å². The highest BCUT2D eigenvalue weighted by molar-refractivity contribution is 5.02. The van der Waals surface area contributed by atoms with Crippen LogP contribution in [0.15, 0.2) is 0 Å². The van der Waals surface area contributed by atoms with Crippen LogP contribution in [0.3, 0.4) is 0 Å². The van der Waals surface area contributed by atoms with Crippen molar-refractivity contribution in [3.8, 4) is 6.07 Å². The van der Waals surface area contributed by atoms with Gasteiger partial charge in [0.25, 0.3) is 0 Å². The minimum absolute atomic E-state index is 0.318. The molecule has 2 aliphatic rings. The molecule has 1 heteroatoms. The summed E-state index contributed by atoms with van der Waals surface area (Å²) in [5.74, 6) is 0.318. The smallest absolute Gasteiger partial charge is 0.0661 e. The average molecular weight is 388 g/mol. The van der Waals surface area contributed by atoms with Crippen molar-refractivity contribution in [1.82, 2.24) is 0 Å². The quantitative estimate of drug-likeness (QED) is 0.289. The molecule has 0 radical (unpaired) electrons. The van der Waals surface area contributed by atoms with Gasteiger partial charge >= 0.3 is 0 Å². The van der Waals surface area contributed by atoms with Gasteiger partial charge in [0.1, 0.15) is 0 Å². The van der Waals surface area contributed by atoms with Gasteiger partial charge in [-0.1, -0.05) is 104 Å². The lowest BCUT2D eigenvalue weighted by Crippen LogP contribution is -2.37. The molecule has 0 amide bonds. The molecular weight excluding hydrogens is 338 g/mol. The van der Waals surface area contributed by atoms with Crippen molar-refractivity contribution in [2.24, 2.45) is 16.7 Å². The maximum absolute atomic E-state index is 10.4. The molecule has 1 atom stereocenters. The summed E-state index contributed by atoms with van der Waals surface area (Å²) in [5, 5.41) is 10.4. The van der Waals surface area contributed by atoms with Crippen molar-refractivity contribution in [1.29, 1.82) is 5.26 Å². The second-order valence-electron chi connectivity index (χ2n) is 10.5. The summed E-state index contributed by atoms with van der Waals surface area (Å²) in [6, 6.07) is 2.93. The van der Waals surface area contributed by atoms with Crippen molar-refractivity contribution in [3.05, 3.63) is 0 Å². The molecule has 1 unspecified atom stereocenters. The third-order valence-corrected chi connectivity index (χ3v) is 8.38. The van der Waals surface area contributed by atoms with Gasteiger partial charge in [-0.3, -0.25) is 0 Å². The van der Waals surface area contributed by atoms with E-state index in [1.165, 1.54) is 135 Å². The first-order valence-corrected chi connectivity index (χ1v) is 13.1. The van der Waals surface area contributed by atoms with Gasteiger partial charge in [0.05, 0.1) is 12.0 Å². The van der Waals surface area contributed by atoms with Gasteiger partial charge in [0.2, 0.25) is 0 Å². The van der Waals surface area contributed by atoms with E-state index in [-0.39, 0.29) is 0 Å². The standard InChI is InChI=1S/C27H49N/c1-3-5-7-11-17-26(18-12-9-13-19-26)23-25(24-28)27(20-14-8-6-4-2)21-15-10-16-22-27/h25H,3-23H2,1-2H3. The van der Waals surface area contributed by atoms with Gasteiger partial charge < -0.3 is 0 Å². The normalized spacial score (nSPS) is 22.5. The molecule has 162 valence electrons. The van der Waals surface area contributed by atoms with Crippen LogP contribution in [0.2, 0.25) is 0 Å². The van der Waals surface area contributed by atoms with E-state index in [0.29, 0.717) is 16.7 Å². The van der Waals surface area contributed by atoms with E-state index < -0.39 is 0 Å². The Hall–Kier alpha value is -0.510. The van der Waals surface area contributed by atoms with Crippen LogP contribution in [0.25, 0.3) is 0 Å². The number of unbranched alkanes of at least 4 members (excludes halogenated alkanes) is 6. The summed E-state index contributed by atoms with van der Waals surface area (Å²) in [4.78, 5) is 0. The molecule has 0 saturated heterocycles. The Balaban J connectivity index is 2.07. The van der Waals surface area contributed by atoms with Crippen LogP contribution >= 0.6 is 0 Å². The monoisotopic (exact) mass is 387 g/mol. The van der Waals surface area contributed by atoms with Gasteiger partial charge in [0, 0.05) is 0 Å². The van der Waals surface area contributed by atoms with Crippen LogP contribution in [-0.4, -0.2) is 0 Å². The predicted molar refractivity (Wildman–Crippen MR) is 122 cm³/mol. The first-order chi connectivity index (χ1) is 13.7. The first kappa shape index (κ1) is 23.8. The van der Waals surface area contributed by atoms with Gasteiger partial charge in [-0.25, -0.2) is 0 Å². The maximum atomic E-state index is 10.4. The molecule has 2 aliphatic carbocycles. The van der Waals surface area contributed by atoms with Crippen molar-refractivity contribution in [3.63, 3.8) is 0 Å². The highest BCUT2D eigenvalue weighted by Gasteiger charge is 2.44. The largest absolute Gasteiger partial charge is 0.198 e. The average Bonchev–Trinajstić information content (AvgIpc) is 2.74. The third-order valence-electron chi connectivity index (χ3n) is 8.38. The Morgan fingerprint density at radius 3 is 1.75 bits per heavy atom. The number of nitriles is 1. The van der Waals surface area contributed by atoms with Crippen LogP contribution in [-0.2, 0) is 0 Å². The molecule has 2 saturated carbocycles. The topological polar surface area (TPSA) is 23.8 Å². The molecule has 28 heavy (non-hydrogen) atoms. The number of nitrogens with zero attached hydrogens (tertiary/aromatic N) is 1. The molecule has 0 aliphatic heterocycles. The Labute approximate surface area is 177 Å². The Morgan fingerprint density at radius 1 is 0.679 bits per heavy atom. The SMILES string of the molecule is CCCCCCC1(CC(C#N)C2(CCCCCC)CCCCC2)CCCCC1. The first-order valence-electron chi connectivity index (χ1n) is 13.1. The maximum Gasteiger partial charge on any atom is 0.0661 e. The van der Waals surface area contributed by atoms with Gasteiger partial charge in [-0.05, 0) is 55.8 Å². The molecule has 2 fully saturated rings. The zero-order valence-electron chi connectivity index (χ0n) is 19.4. The van der Waals surface area contributed by atoms with Crippen molar-refractivity contribution >= 4 is 0 Å². The molecule has 0 bridgehead atoms. The van der Waals surface area contributed by atoms with Crippen LogP contribution in [0.4, 0.5) is 0 Å². The van der Waals surface area contributed by atoms with Gasteiger partial charge in [0.15, 0.2) is 0 Å². The van der Waals surface area contributed by atoms with E-state index in [4.69, 9.17) is 0 Å². The molecule has 0 heterocycles. The minimum atomic E-state index is 0.318. The minimum Gasteiger partial charge on any atom is -0.198 e. The third kappa shape index (κ3) is 7.07. The number of hydrogen-bond donors (Lipinski definition) is 0. The van der Waals surface area contributed by atoms with E-state index in [2.05, 4.69) is 19.9 Å². The zero-order valence-corrected chi connectivity index (χ0v) is 19.4. The molecule has 0 N–H and O–H groups in total. The van der Waals surface area contributed by atoms with Gasteiger partial charge in [-0.15, -0.1) is 0 Å². The summed E-state index contributed by atoms with van der Waals surface area (Å²) >= 11 is 0. The van der Waals surface area contributed by atoms with Crippen LogP contribution in [0.1, 0.15) is 149 Å². The summed E-state index contributed by atoms with van der Waals surface area (Å²) in [5.41, 5.74) is 0.856. The second-order valence-corrected chi connectivity index (χ2v) is 10.5. The van der Waals surface area contributed by atoms with Crippen LogP contribution < -0.4 is 0 Å². The van der Waals surface area contributed by atoms with Crippen molar-refractivity contribution in [2.75, 3.05) is 0 Å². The lowest BCUT2D eigenvalue weighted by molar-refractivity contribution is 0.0484. The Morgan fingerprint density at radius 2 is 1.21 bits per heavy atom. The number of hydrogen-bond acceptors (Lipinski definition) is 1. The van der Waals surface area contributed by atoms with Crippen molar-refractivity contribution in [2.45, 2.75) is 149 Å². The second kappa shape index (κ2) is 12.9. The highest BCUT2D eigenvalue weighted by Crippen LogP contribution is 2.54. The van der Waals surface area contributed by atoms with Gasteiger partial charge in [-0.2, -0.15) is 5.26 Å². The van der Waals surface area contributed by atoms with E-state index in [9.17, 15) is 5.26 Å². The Bertz CT molecular complexity index is 434. The lowest BCUT2D eigenvalue weighted by atomic mass is 9.57. The predicted octanol–water partition coefficient (Wildman–Crippen LogP) is 9.36. The number of rotatable bonds is 13. The van der Waals surface area contributed by atoms with Crippen LogP contribution in [0, 0.1) is 28.1 Å². The molecule has 0 aromatic carbocycles. The van der Waals surface area contributed by atoms with Crippen molar-refractivity contribution < 1.29 is 0 Å². The summed E-state index contributed by atoms with van der Waals surface area (Å²) < 4.78 is 0. The lowest BCUT2D eigenvalue weighted by Gasteiger charge is -2.46. The molecule has 0 aromatic heterocycles. The Kier molecular flexibility index (Phi) is 11.0. The summed E-state index contributed by atoms with van der Waals surface area (Å²) in [6.07, 6.45) is 28.8. The zero-order chi connectivity index (χ0) is 20.1. The summed E-state index contributed by atoms with van der Waals surface area (Å²) in [6.45, 7) is 4.62. The highest BCUT2D eigenvalue weighted by atomic mass is 14.5. The fourth-order valence-electron chi connectivity index (χ4n) is 6.55. The fraction of sp³-hybridized carbons (Fsp3) is 0.963. The molecule has 1 nitrogen and oxygen atoms in total. The molecular formula is C27H49N. The van der Waals surface area contributed by atoms with Crippen LogP contribution in [0.5, 0.6) is 0 Å². The van der Waals surface area contributed by atoms with E-state index in [0.717, 1.165) is 0 Å². The van der Waals surface area contributed by atoms with E-state index in [1.807, 2.05) is 0 Å². The van der Waals surface area contributed by atoms with E-state index >= 15 is 0 Å². The molecule has 2 rings (SSSR count).